The number of allylic oxidation sites excluding steroid dienone is 4. The zero-order valence-corrected chi connectivity index (χ0v) is 15.7. The normalized spacial score (nSPS) is 15.0. The molecule has 0 heterocycles. The predicted octanol–water partition coefficient (Wildman–Crippen LogP) is 6.74. The van der Waals surface area contributed by atoms with Gasteiger partial charge in [-0.25, -0.2) is 0 Å². The van der Waals surface area contributed by atoms with Crippen molar-refractivity contribution >= 4 is 5.71 Å². The molecule has 0 saturated carbocycles. The van der Waals surface area contributed by atoms with Gasteiger partial charge in [-0.2, -0.15) is 0 Å². The molecule has 0 radical (unpaired) electrons. The van der Waals surface area contributed by atoms with Gasteiger partial charge in [-0.1, -0.05) is 37.1 Å². The van der Waals surface area contributed by atoms with Crippen LogP contribution in [0.4, 0.5) is 0 Å². The van der Waals surface area contributed by atoms with Crippen molar-refractivity contribution in [2.24, 2.45) is 10.9 Å². The van der Waals surface area contributed by atoms with Gasteiger partial charge in [0, 0.05) is 5.71 Å². The van der Waals surface area contributed by atoms with Crippen molar-refractivity contribution in [3.63, 3.8) is 0 Å². The fraction of sp³-hybridized carbons (Fsp3) is 0.750. The molecule has 122 valence electrons. The molecule has 0 fully saturated rings. The minimum atomic E-state index is 0.0556. The Morgan fingerprint density at radius 2 is 1.48 bits per heavy atom. The quantitative estimate of drug-likeness (QED) is 0.346. The molecule has 0 amide bonds. The Morgan fingerprint density at radius 1 is 0.905 bits per heavy atom. The van der Waals surface area contributed by atoms with E-state index in [1.54, 1.807) is 0 Å². The van der Waals surface area contributed by atoms with Crippen LogP contribution in [0.1, 0.15) is 87.5 Å². The summed E-state index contributed by atoms with van der Waals surface area (Å²) in [5.74, 6) is 0.766. The molecule has 0 bridgehead atoms. The first-order chi connectivity index (χ1) is 9.60. The van der Waals surface area contributed by atoms with Gasteiger partial charge in [0.05, 0.1) is 5.54 Å². The van der Waals surface area contributed by atoms with Crippen molar-refractivity contribution in [3.8, 4) is 0 Å². The van der Waals surface area contributed by atoms with Gasteiger partial charge in [-0.15, -0.1) is 0 Å². The van der Waals surface area contributed by atoms with Crippen LogP contribution >= 0.6 is 0 Å². The highest BCUT2D eigenvalue weighted by atomic mass is 14.8. The highest BCUT2D eigenvalue weighted by molar-refractivity contribution is 5.82. The maximum Gasteiger partial charge on any atom is 0.0523 e. The summed E-state index contributed by atoms with van der Waals surface area (Å²) in [6.45, 7) is 17.7. The van der Waals surface area contributed by atoms with Gasteiger partial charge in [-0.05, 0) is 79.6 Å². The summed E-state index contributed by atoms with van der Waals surface area (Å²) in [5.41, 5.74) is 4.34. The molecular formula is C20H37N. The molecule has 0 N–H and O–H groups in total. The second-order valence-electron chi connectivity index (χ2n) is 7.79. The second-order valence-corrected chi connectivity index (χ2v) is 7.79. The SMILES string of the molecule is CC(CC/C(C)=C/CC/C(C)=C/CC(C)C)=NC(C)(C)C. The maximum atomic E-state index is 4.71. The summed E-state index contributed by atoms with van der Waals surface area (Å²) in [6.07, 6.45) is 10.6. The standard InChI is InChI=1S/C20H37N/c1-16(2)12-13-17(3)10-9-11-18(4)14-15-19(5)21-20(6,7)8/h11,13,16H,9-10,12,14-15H2,1-8H3/b17-13+,18-11+,21-19?. The molecule has 0 atom stereocenters. The third-order valence-electron chi connectivity index (χ3n) is 3.38. The molecule has 0 unspecified atom stereocenters. The van der Waals surface area contributed by atoms with Gasteiger partial charge < -0.3 is 0 Å². The van der Waals surface area contributed by atoms with Gasteiger partial charge >= 0.3 is 0 Å². The van der Waals surface area contributed by atoms with E-state index in [0.29, 0.717) is 0 Å². The minimum Gasteiger partial charge on any atom is -0.289 e. The molecule has 0 aromatic carbocycles. The van der Waals surface area contributed by atoms with E-state index in [0.717, 1.165) is 18.8 Å². The Hall–Kier alpha value is -0.850. The first-order valence-electron chi connectivity index (χ1n) is 8.46. The van der Waals surface area contributed by atoms with Crippen molar-refractivity contribution in [1.29, 1.82) is 0 Å². The number of nitrogens with zero attached hydrogens (tertiary/aromatic N) is 1. The average molecular weight is 292 g/mol. The average Bonchev–Trinajstić information content (AvgIpc) is 2.32. The molecule has 21 heavy (non-hydrogen) atoms. The molecule has 0 aliphatic carbocycles. The van der Waals surface area contributed by atoms with E-state index in [1.165, 1.54) is 36.1 Å². The van der Waals surface area contributed by atoms with Gasteiger partial charge in [0.25, 0.3) is 0 Å². The van der Waals surface area contributed by atoms with E-state index < -0.39 is 0 Å². The maximum absolute atomic E-state index is 4.71. The van der Waals surface area contributed by atoms with Gasteiger partial charge in [0.15, 0.2) is 0 Å². The van der Waals surface area contributed by atoms with Crippen molar-refractivity contribution in [1.82, 2.24) is 0 Å². The van der Waals surface area contributed by atoms with E-state index in [1.807, 2.05) is 0 Å². The van der Waals surface area contributed by atoms with Gasteiger partial charge in [0.1, 0.15) is 0 Å². The molecule has 1 heteroatoms. The zero-order valence-electron chi connectivity index (χ0n) is 15.7. The monoisotopic (exact) mass is 291 g/mol. The van der Waals surface area contributed by atoms with Crippen LogP contribution in [0.15, 0.2) is 28.3 Å². The Morgan fingerprint density at radius 3 is 2.00 bits per heavy atom. The third kappa shape index (κ3) is 13.9. The lowest BCUT2D eigenvalue weighted by Gasteiger charge is -2.14. The molecule has 0 aromatic rings. The first kappa shape index (κ1) is 20.1. The highest BCUT2D eigenvalue weighted by Gasteiger charge is 2.07. The summed E-state index contributed by atoms with van der Waals surface area (Å²) >= 11 is 0. The molecule has 0 spiro atoms. The topological polar surface area (TPSA) is 12.4 Å². The van der Waals surface area contributed by atoms with Crippen LogP contribution in [-0.2, 0) is 0 Å². The fourth-order valence-electron chi connectivity index (χ4n) is 2.19. The van der Waals surface area contributed by atoms with Crippen LogP contribution in [-0.4, -0.2) is 11.3 Å². The number of aliphatic imine (C=N–C) groups is 1. The molecule has 0 rings (SSSR count). The zero-order chi connectivity index (χ0) is 16.5. The molecule has 0 saturated heterocycles. The van der Waals surface area contributed by atoms with Crippen molar-refractivity contribution < 1.29 is 0 Å². The van der Waals surface area contributed by atoms with Crippen molar-refractivity contribution in [3.05, 3.63) is 23.3 Å². The van der Waals surface area contributed by atoms with Crippen LogP contribution in [0.5, 0.6) is 0 Å². The van der Waals surface area contributed by atoms with Gasteiger partial charge in [0.2, 0.25) is 0 Å². The lowest BCUT2D eigenvalue weighted by Crippen LogP contribution is -2.12. The summed E-state index contributed by atoms with van der Waals surface area (Å²) in [7, 11) is 0. The van der Waals surface area contributed by atoms with E-state index >= 15 is 0 Å². The Kier molecular flexibility index (Phi) is 9.57. The van der Waals surface area contributed by atoms with Crippen LogP contribution < -0.4 is 0 Å². The largest absolute Gasteiger partial charge is 0.289 e. The molecular weight excluding hydrogens is 254 g/mol. The van der Waals surface area contributed by atoms with Gasteiger partial charge in [-0.3, -0.25) is 4.99 Å². The fourth-order valence-corrected chi connectivity index (χ4v) is 2.19. The Labute approximate surface area is 133 Å². The highest BCUT2D eigenvalue weighted by Crippen LogP contribution is 2.14. The number of hydrogen-bond donors (Lipinski definition) is 0. The van der Waals surface area contributed by atoms with Crippen molar-refractivity contribution in [2.45, 2.75) is 93.0 Å². The van der Waals surface area contributed by atoms with Crippen LogP contribution in [0.3, 0.4) is 0 Å². The smallest absolute Gasteiger partial charge is 0.0523 e. The molecule has 1 nitrogen and oxygen atoms in total. The summed E-state index contributed by atoms with van der Waals surface area (Å²) in [5, 5.41) is 0. The Balaban J connectivity index is 4.10. The predicted molar refractivity (Wildman–Crippen MR) is 98.3 cm³/mol. The lowest BCUT2D eigenvalue weighted by molar-refractivity contribution is 0.581. The summed E-state index contributed by atoms with van der Waals surface area (Å²) in [4.78, 5) is 4.71. The lowest BCUT2D eigenvalue weighted by atomic mass is 10.0. The second kappa shape index (κ2) is 9.97. The molecule has 0 aliphatic heterocycles. The summed E-state index contributed by atoms with van der Waals surface area (Å²) < 4.78 is 0. The first-order valence-corrected chi connectivity index (χ1v) is 8.46. The number of rotatable bonds is 8. The van der Waals surface area contributed by atoms with E-state index in [-0.39, 0.29) is 5.54 Å². The van der Waals surface area contributed by atoms with Crippen LogP contribution in [0, 0.1) is 5.92 Å². The van der Waals surface area contributed by atoms with E-state index in [2.05, 4.69) is 67.5 Å². The Bertz CT molecular complexity index is 375. The number of hydrogen-bond acceptors (Lipinski definition) is 1. The molecule has 0 aromatic heterocycles. The van der Waals surface area contributed by atoms with Crippen LogP contribution in [0.2, 0.25) is 0 Å². The molecule has 0 aliphatic rings. The van der Waals surface area contributed by atoms with E-state index in [9.17, 15) is 0 Å². The van der Waals surface area contributed by atoms with E-state index in [4.69, 9.17) is 4.99 Å². The van der Waals surface area contributed by atoms with Crippen LogP contribution in [0.25, 0.3) is 0 Å². The minimum absolute atomic E-state index is 0.0556. The van der Waals surface area contributed by atoms with Crippen molar-refractivity contribution in [2.75, 3.05) is 0 Å². The summed E-state index contributed by atoms with van der Waals surface area (Å²) in [6, 6.07) is 0. The third-order valence-corrected chi connectivity index (χ3v) is 3.38.